The Labute approximate surface area is 120 Å². The lowest BCUT2D eigenvalue weighted by Gasteiger charge is -2.29. The van der Waals surface area contributed by atoms with Crippen molar-refractivity contribution in [2.75, 3.05) is 25.0 Å². The fraction of sp³-hybridized carbons (Fsp3) is 0.562. The van der Waals surface area contributed by atoms with E-state index in [1.165, 1.54) is 0 Å². The molecule has 1 fully saturated rings. The lowest BCUT2D eigenvalue weighted by molar-refractivity contribution is 0.0546. The lowest BCUT2D eigenvalue weighted by atomic mass is 10.0. The van der Waals surface area contributed by atoms with Crippen LogP contribution in [-0.4, -0.2) is 41.7 Å². The maximum absolute atomic E-state index is 12.4. The standard InChI is InChI=1S/C16H24N2O2/c1-3-8-17-15-5-4-13(11-12(15)2)16(20)18-9-6-14(19)7-10-18/h4-5,11,14,17,19H,3,6-10H2,1-2H3. The maximum atomic E-state index is 12.4. The molecule has 2 N–H and O–H groups in total. The van der Waals surface area contributed by atoms with Gasteiger partial charge in [-0.25, -0.2) is 0 Å². The Morgan fingerprint density at radius 1 is 1.40 bits per heavy atom. The maximum Gasteiger partial charge on any atom is 0.253 e. The highest BCUT2D eigenvalue weighted by Gasteiger charge is 2.22. The Morgan fingerprint density at radius 2 is 2.10 bits per heavy atom. The number of hydrogen-bond donors (Lipinski definition) is 2. The molecule has 1 aliphatic heterocycles. The summed E-state index contributed by atoms with van der Waals surface area (Å²) in [5.41, 5.74) is 2.93. The van der Waals surface area contributed by atoms with Crippen molar-refractivity contribution in [2.24, 2.45) is 0 Å². The van der Waals surface area contributed by atoms with Crippen molar-refractivity contribution < 1.29 is 9.90 Å². The monoisotopic (exact) mass is 276 g/mol. The SMILES string of the molecule is CCCNc1ccc(C(=O)N2CCC(O)CC2)cc1C. The number of carbonyl (C=O) groups excluding carboxylic acids is 1. The van der Waals surface area contributed by atoms with Crippen molar-refractivity contribution in [3.05, 3.63) is 29.3 Å². The number of likely N-dealkylation sites (tertiary alicyclic amines) is 1. The molecule has 110 valence electrons. The summed E-state index contributed by atoms with van der Waals surface area (Å²) in [6, 6.07) is 5.82. The first kappa shape index (κ1) is 14.9. The summed E-state index contributed by atoms with van der Waals surface area (Å²) < 4.78 is 0. The Balaban J connectivity index is 2.05. The molecule has 1 aromatic rings. The first-order chi connectivity index (χ1) is 9.61. The molecule has 2 rings (SSSR count). The van der Waals surface area contributed by atoms with Crippen LogP contribution in [0.5, 0.6) is 0 Å². The molecular weight excluding hydrogens is 252 g/mol. The van der Waals surface area contributed by atoms with E-state index in [2.05, 4.69) is 12.2 Å². The van der Waals surface area contributed by atoms with Crippen LogP contribution in [0.4, 0.5) is 5.69 Å². The van der Waals surface area contributed by atoms with Crippen molar-refractivity contribution in [1.29, 1.82) is 0 Å². The van der Waals surface area contributed by atoms with Gasteiger partial charge in [0.15, 0.2) is 0 Å². The van der Waals surface area contributed by atoms with Gasteiger partial charge < -0.3 is 15.3 Å². The van der Waals surface area contributed by atoms with Gasteiger partial charge in [0.2, 0.25) is 0 Å². The Hall–Kier alpha value is -1.55. The summed E-state index contributed by atoms with van der Waals surface area (Å²) in [5.74, 6) is 0.0713. The van der Waals surface area contributed by atoms with Gasteiger partial charge in [-0.05, 0) is 49.9 Å². The molecule has 0 radical (unpaired) electrons. The number of aliphatic hydroxyl groups is 1. The molecule has 0 aromatic heterocycles. The summed E-state index contributed by atoms with van der Waals surface area (Å²) in [6.07, 6.45) is 2.19. The van der Waals surface area contributed by atoms with E-state index in [1.807, 2.05) is 30.0 Å². The van der Waals surface area contributed by atoms with Gasteiger partial charge in [0.1, 0.15) is 0 Å². The van der Waals surface area contributed by atoms with Crippen LogP contribution >= 0.6 is 0 Å². The third-order valence-electron chi connectivity index (χ3n) is 3.79. The van der Waals surface area contributed by atoms with E-state index in [1.54, 1.807) is 0 Å². The average molecular weight is 276 g/mol. The fourth-order valence-corrected chi connectivity index (χ4v) is 2.51. The van der Waals surface area contributed by atoms with Crippen LogP contribution in [0, 0.1) is 6.92 Å². The number of nitrogens with one attached hydrogen (secondary N) is 1. The number of hydrogen-bond acceptors (Lipinski definition) is 3. The van der Waals surface area contributed by atoms with Crippen molar-refractivity contribution in [1.82, 2.24) is 4.90 Å². The Morgan fingerprint density at radius 3 is 2.70 bits per heavy atom. The second-order valence-corrected chi connectivity index (χ2v) is 5.48. The topological polar surface area (TPSA) is 52.6 Å². The molecule has 4 heteroatoms. The van der Waals surface area contributed by atoms with Gasteiger partial charge in [-0.15, -0.1) is 0 Å². The highest BCUT2D eigenvalue weighted by atomic mass is 16.3. The molecule has 1 heterocycles. The van der Waals surface area contributed by atoms with Gasteiger partial charge in [-0.3, -0.25) is 4.79 Å². The molecular formula is C16H24N2O2. The van der Waals surface area contributed by atoms with Crippen molar-refractivity contribution in [2.45, 2.75) is 39.2 Å². The molecule has 1 aromatic carbocycles. The molecule has 0 atom stereocenters. The van der Waals surface area contributed by atoms with Crippen molar-refractivity contribution >= 4 is 11.6 Å². The minimum atomic E-state index is -0.249. The highest BCUT2D eigenvalue weighted by molar-refractivity contribution is 5.95. The second kappa shape index (κ2) is 6.75. The van der Waals surface area contributed by atoms with Crippen LogP contribution in [0.25, 0.3) is 0 Å². The summed E-state index contributed by atoms with van der Waals surface area (Å²) >= 11 is 0. The molecule has 0 spiro atoms. The van der Waals surface area contributed by atoms with Gasteiger partial charge in [0.05, 0.1) is 6.10 Å². The Kier molecular flexibility index (Phi) is 5.01. The molecule has 4 nitrogen and oxygen atoms in total. The number of nitrogens with zero attached hydrogens (tertiary/aromatic N) is 1. The molecule has 0 aliphatic carbocycles. The van der Waals surface area contributed by atoms with Gasteiger partial charge >= 0.3 is 0 Å². The number of aryl methyl sites for hydroxylation is 1. The summed E-state index contributed by atoms with van der Waals surface area (Å²) in [7, 11) is 0. The number of carbonyl (C=O) groups is 1. The van der Waals surface area contributed by atoms with Crippen molar-refractivity contribution in [3.63, 3.8) is 0 Å². The summed E-state index contributed by atoms with van der Waals surface area (Å²) in [4.78, 5) is 14.2. The number of benzene rings is 1. The number of amides is 1. The van der Waals surface area contributed by atoms with E-state index in [9.17, 15) is 9.90 Å². The Bertz CT molecular complexity index is 466. The molecule has 0 saturated carbocycles. The molecule has 20 heavy (non-hydrogen) atoms. The van der Waals surface area contributed by atoms with E-state index in [0.29, 0.717) is 25.9 Å². The minimum Gasteiger partial charge on any atom is -0.393 e. The first-order valence-corrected chi connectivity index (χ1v) is 7.43. The number of rotatable bonds is 4. The zero-order valence-electron chi connectivity index (χ0n) is 12.4. The normalized spacial score (nSPS) is 16.2. The zero-order valence-corrected chi connectivity index (χ0v) is 12.4. The smallest absolute Gasteiger partial charge is 0.253 e. The molecule has 1 saturated heterocycles. The van der Waals surface area contributed by atoms with Crippen LogP contribution in [-0.2, 0) is 0 Å². The van der Waals surface area contributed by atoms with Crippen LogP contribution in [0.15, 0.2) is 18.2 Å². The largest absolute Gasteiger partial charge is 0.393 e. The van der Waals surface area contributed by atoms with Crippen molar-refractivity contribution in [3.8, 4) is 0 Å². The first-order valence-electron chi connectivity index (χ1n) is 7.43. The van der Waals surface area contributed by atoms with E-state index in [4.69, 9.17) is 0 Å². The molecule has 0 bridgehead atoms. The fourth-order valence-electron chi connectivity index (χ4n) is 2.51. The zero-order chi connectivity index (χ0) is 14.5. The predicted octanol–water partition coefficient (Wildman–Crippen LogP) is 2.41. The summed E-state index contributed by atoms with van der Waals surface area (Å²) in [6.45, 7) is 6.39. The number of aliphatic hydroxyl groups excluding tert-OH is 1. The van der Waals surface area contributed by atoms with Gasteiger partial charge in [0, 0.05) is 30.9 Å². The molecule has 1 amide bonds. The second-order valence-electron chi connectivity index (χ2n) is 5.48. The third kappa shape index (κ3) is 3.51. The van der Waals surface area contributed by atoms with E-state index >= 15 is 0 Å². The van der Waals surface area contributed by atoms with Crippen LogP contribution in [0.2, 0.25) is 0 Å². The van der Waals surface area contributed by atoms with Crippen LogP contribution in [0.3, 0.4) is 0 Å². The van der Waals surface area contributed by atoms with E-state index in [0.717, 1.165) is 29.8 Å². The third-order valence-corrected chi connectivity index (χ3v) is 3.79. The van der Waals surface area contributed by atoms with E-state index < -0.39 is 0 Å². The van der Waals surface area contributed by atoms with E-state index in [-0.39, 0.29) is 12.0 Å². The van der Waals surface area contributed by atoms with Gasteiger partial charge in [0.25, 0.3) is 5.91 Å². The quantitative estimate of drug-likeness (QED) is 0.888. The summed E-state index contributed by atoms with van der Waals surface area (Å²) in [5, 5.41) is 12.9. The molecule has 0 unspecified atom stereocenters. The highest BCUT2D eigenvalue weighted by Crippen LogP contribution is 2.19. The van der Waals surface area contributed by atoms with Gasteiger partial charge in [-0.2, -0.15) is 0 Å². The number of piperidine rings is 1. The van der Waals surface area contributed by atoms with Gasteiger partial charge in [-0.1, -0.05) is 6.92 Å². The number of anilines is 1. The van der Waals surface area contributed by atoms with Crippen LogP contribution in [0.1, 0.15) is 42.1 Å². The van der Waals surface area contributed by atoms with Crippen LogP contribution < -0.4 is 5.32 Å². The molecule has 1 aliphatic rings. The average Bonchev–Trinajstić information content (AvgIpc) is 2.46. The lowest BCUT2D eigenvalue weighted by Crippen LogP contribution is -2.40. The minimum absolute atomic E-state index is 0.0713. The predicted molar refractivity (Wildman–Crippen MR) is 81.1 cm³/mol.